The van der Waals surface area contributed by atoms with Crippen molar-refractivity contribution in [3.8, 4) is 0 Å². The summed E-state index contributed by atoms with van der Waals surface area (Å²) < 4.78 is 21.3. The Hall–Kier alpha value is -0.610. The molecule has 0 aromatic rings. The first-order valence-corrected chi connectivity index (χ1v) is 7.21. The van der Waals surface area contributed by atoms with Gasteiger partial charge in [-0.3, -0.25) is 0 Å². The van der Waals surface area contributed by atoms with E-state index >= 15 is 0 Å². The van der Waals surface area contributed by atoms with Crippen molar-refractivity contribution >= 4 is 6.29 Å². The molecule has 8 heteroatoms. The average molecular weight is 322 g/mol. The van der Waals surface area contributed by atoms with Crippen LogP contribution in [0.15, 0.2) is 0 Å². The molecule has 1 rings (SSSR count). The SMILES string of the molecule is CO[C@@H]1[C@@H](O)[C@H](O[C@H]([C@@H](C)O)[C@@H](CC=O)OC)O[C@H](C)[C@H]1O. The molecule has 1 saturated heterocycles. The first-order valence-electron chi connectivity index (χ1n) is 7.21. The summed E-state index contributed by atoms with van der Waals surface area (Å²) in [4.78, 5) is 10.7. The second-order valence-electron chi connectivity index (χ2n) is 5.41. The number of ether oxygens (including phenoxy) is 4. The van der Waals surface area contributed by atoms with Crippen LogP contribution < -0.4 is 0 Å². The van der Waals surface area contributed by atoms with E-state index in [-0.39, 0.29) is 6.42 Å². The Kier molecular flexibility index (Phi) is 7.84. The Morgan fingerprint density at radius 2 is 1.91 bits per heavy atom. The van der Waals surface area contributed by atoms with E-state index < -0.39 is 49.0 Å². The number of aliphatic hydroxyl groups excluding tert-OH is 3. The number of aldehydes is 1. The summed E-state index contributed by atoms with van der Waals surface area (Å²) in [6.07, 6.45) is -6.70. The molecular weight excluding hydrogens is 296 g/mol. The van der Waals surface area contributed by atoms with E-state index in [0.717, 1.165) is 0 Å². The molecule has 1 aliphatic rings. The molecule has 0 saturated carbocycles. The molecule has 1 aliphatic heterocycles. The highest BCUT2D eigenvalue weighted by Gasteiger charge is 2.45. The van der Waals surface area contributed by atoms with Crippen LogP contribution in [-0.2, 0) is 23.7 Å². The Morgan fingerprint density at radius 3 is 2.36 bits per heavy atom. The lowest BCUT2D eigenvalue weighted by atomic mass is 9.99. The topological polar surface area (TPSA) is 115 Å². The van der Waals surface area contributed by atoms with Crippen molar-refractivity contribution in [1.82, 2.24) is 0 Å². The van der Waals surface area contributed by atoms with Crippen molar-refractivity contribution in [1.29, 1.82) is 0 Å². The Morgan fingerprint density at radius 1 is 1.27 bits per heavy atom. The van der Waals surface area contributed by atoms with E-state index in [1.165, 1.54) is 21.1 Å². The van der Waals surface area contributed by atoms with Crippen LogP contribution in [0.25, 0.3) is 0 Å². The summed E-state index contributed by atoms with van der Waals surface area (Å²) >= 11 is 0. The third kappa shape index (κ3) is 4.45. The number of carbonyl (C=O) groups is 1. The van der Waals surface area contributed by atoms with Crippen LogP contribution >= 0.6 is 0 Å². The van der Waals surface area contributed by atoms with Gasteiger partial charge < -0.3 is 39.1 Å². The fraction of sp³-hybridized carbons (Fsp3) is 0.929. The second-order valence-corrected chi connectivity index (χ2v) is 5.41. The molecule has 1 fully saturated rings. The number of aliphatic hydroxyl groups is 3. The van der Waals surface area contributed by atoms with E-state index in [4.69, 9.17) is 18.9 Å². The lowest BCUT2D eigenvalue weighted by Crippen LogP contribution is -2.59. The highest BCUT2D eigenvalue weighted by atomic mass is 16.7. The largest absolute Gasteiger partial charge is 0.391 e. The van der Waals surface area contributed by atoms with E-state index in [1.54, 1.807) is 6.92 Å². The predicted molar refractivity (Wildman–Crippen MR) is 75.2 cm³/mol. The van der Waals surface area contributed by atoms with E-state index in [9.17, 15) is 20.1 Å². The summed E-state index contributed by atoms with van der Waals surface area (Å²) in [6, 6.07) is 0. The molecule has 0 radical (unpaired) electrons. The normalized spacial score (nSPS) is 36.6. The number of methoxy groups -OCH3 is 2. The minimum atomic E-state index is -1.24. The zero-order valence-corrected chi connectivity index (χ0v) is 13.3. The quantitative estimate of drug-likeness (QED) is 0.479. The molecule has 8 nitrogen and oxygen atoms in total. The Balaban J connectivity index is 2.85. The third-order valence-electron chi connectivity index (χ3n) is 3.82. The Labute approximate surface area is 129 Å². The molecule has 22 heavy (non-hydrogen) atoms. The zero-order valence-electron chi connectivity index (χ0n) is 13.3. The van der Waals surface area contributed by atoms with Gasteiger partial charge in [-0.1, -0.05) is 0 Å². The van der Waals surface area contributed by atoms with Crippen molar-refractivity contribution in [3.05, 3.63) is 0 Å². The van der Waals surface area contributed by atoms with Gasteiger partial charge in [-0.2, -0.15) is 0 Å². The summed E-state index contributed by atoms with van der Waals surface area (Å²) in [7, 11) is 2.76. The van der Waals surface area contributed by atoms with Crippen molar-refractivity contribution in [3.63, 3.8) is 0 Å². The highest BCUT2D eigenvalue weighted by Crippen LogP contribution is 2.26. The molecule has 0 amide bonds. The maximum atomic E-state index is 10.7. The van der Waals surface area contributed by atoms with Gasteiger partial charge in [0.05, 0.1) is 18.3 Å². The Bertz CT molecular complexity index is 337. The van der Waals surface area contributed by atoms with Crippen LogP contribution in [0.3, 0.4) is 0 Å². The summed E-state index contributed by atoms with van der Waals surface area (Å²) in [6.45, 7) is 3.11. The van der Waals surface area contributed by atoms with Crippen LogP contribution in [0.2, 0.25) is 0 Å². The predicted octanol–water partition coefficient (Wildman–Crippen LogP) is -1.16. The molecule has 0 unspecified atom stereocenters. The molecule has 0 aliphatic carbocycles. The summed E-state index contributed by atoms with van der Waals surface area (Å²) in [5.41, 5.74) is 0. The number of hydrogen-bond acceptors (Lipinski definition) is 8. The number of rotatable bonds is 8. The fourth-order valence-electron chi connectivity index (χ4n) is 2.51. The van der Waals surface area contributed by atoms with Crippen LogP contribution in [0, 0.1) is 0 Å². The van der Waals surface area contributed by atoms with Crippen molar-refractivity contribution in [2.24, 2.45) is 0 Å². The average Bonchev–Trinajstić information content (AvgIpc) is 2.48. The summed E-state index contributed by atoms with van der Waals surface area (Å²) in [5, 5.41) is 30.0. The van der Waals surface area contributed by atoms with Gasteiger partial charge >= 0.3 is 0 Å². The minimum Gasteiger partial charge on any atom is -0.391 e. The van der Waals surface area contributed by atoms with Crippen molar-refractivity contribution in [2.75, 3.05) is 14.2 Å². The first kappa shape index (κ1) is 19.4. The fourth-order valence-corrected chi connectivity index (χ4v) is 2.51. The molecule has 0 bridgehead atoms. The van der Waals surface area contributed by atoms with E-state index in [1.807, 2.05) is 0 Å². The molecule has 8 atom stereocenters. The molecular formula is C14H26O8. The van der Waals surface area contributed by atoms with E-state index in [2.05, 4.69) is 0 Å². The zero-order chi connectivity index (χ0) is 16.9. The highest BCUT2D eigenvalue weighted by molar-refractivity contribution is 5.50. The van der Waals surface area contributed by atoms with Crippen LogP contribution in [0.5, 0.6) is 0 Å². The van der Waals surface area contributed by atoms with Gasteiger partial charge in [0.1, 0.15) is 30.7 Å². The standard InChI is InChI=1S/C14H26O8/c1-7(16)12(9(19-3)5-6-15)22-14-11(18)13(20-4)10(17)8(2)21-14/h6-14,16-18H,5H2,1-4H3/t7-,8-,9-,10-,11-,12-,13+,14+/m1/s1. The van der Waals surface area contributed by atoms with Gasteiger partial charge in [0.2, 0.25) is 0 Å². The first-order chi connectivity index (χ1) is 10.4. The second kappa shape index (κ2) is 8.88. The molecule has 0 spiro atoms. The third-order valence-corrected chi connectivity index (χ3v) is 3.82. The maximum Gasteiger partial charge on any atom is 0.187 e. The molecule has 1 heterocycles. The summed E-state index contributed by atoms with van der Waals surface area (Å²) in [5.74, 6) is 0. The molecule has 3 N–H and O–H groups in total. The monoisotopic (exact) mass is 322 g/mol. The van der Waals surface area contributed by atoms with Crippen molar-refractivity contribution < 1.29 is 39.1 Å². The van der Waals surface area contributed by atoms with Gasteiger partial charge in [0, 0.05) is 20.6 Å². The lowest BCUT2D eigenvalue weighted by Gasteiger charge is -2.42. The van der Waals surface area contributed by atoms with Crippen LogP contribution in [0.4, 0.5) is 0 Å². The van der Waals surface area contributed by atoms with Crippen molar-refractivity contribution in [2.45, 2.75) is 69.3 Å². The van der Waals surface area contributed by atoms with Gasteiger partial charge in [0.15, 0.2) is 6.29 Å². The van der Waals surface area contributed by atoms with Gasteiger partial charge in [-0.25, -0.2) is 0 Å². The van der Waals surface area contributed by atoms with Gasteiger partial charge in [-0.15, -0.1) is 0 Å². The molecule has 0 aromatic heterocycles. The molecule has 130 valence electrons. The minimum absolute atomic E-state index is 0.0285. The van der Waals surface area contributed by atoms with Gasteiger partial charge in [-0.05, 0) is 13.8 Å². The van der Waals surface area contributed by atoms with Crippen LogP contribution in [0.1, 0.15) is 20.3 Å². The number of carbonyl (C=O) groups excluding carboxylic acids is 1. The maximum absolute atomic E-state index is 10.7. The lowest BCUT2D eigenvalue weighted by molar-refractivity contribution is -0.320. The smallest absolute Gasteiger partial charge is 0.187 e. The number of hydrogen-bond donors (Lipinski definition) is 3. The van der Waals surface area contributed by atoms with Gasteiger partial charge in [0.25, 0.3) is 0 Å². The van der Waals surface area contributed by atoms with E-state index in [0.29, 0.717) is 6.29 Å². The van der Waals surface area contributed by atoms with Crippen LogP contribution in [-0.4, -0.2) is 84.8 Å². The molecule has 0 aromatic carbocycles.